The first-order valence-electron chi connectivity index (χ1n) is 10.6. The van der Waals surface area contributed by atoms with Crippen LogP contribution in [0.5, 0.6) is 0 Å². The molecule has 4 atom stereocenters. The molecule has 2 rings (SSSR count). The lowest BCUT2D eigenvalue weighted by molar-refractivity contribution is -0.149. The molecule has 1 aliphatic rings. The minimum Gasteiger partial charge on any atom is -0.464 e. The molecular weight excluding hydrogens is 398 g/mol. The highest BCUT2D eigenvalue weighted by Crippen LogP contribution is 2.60. The third kappa shape index (κ3) is 4.89. The third-order valence-corrected chi connectivity index (χ3v) is 5.71. The molecule has 2 amide bonds. The van der Waals surface area contributed by atoms with E-state index in [4.69, 9.17) is 10.5 Å². The van der Waals surface area contributed by atoms with Crippen molar-refractivity contribution in [2.45, 2.75) is 53.6 Å². The highest BCUT2D eigenvalue weighted by molar-refractivity contribution is 6.14. The summed E-state index contributed by atoms with van der Waals surface area (Å²) in [5.41, 5.74) is 5.27. The summed E-state index contributed by atoms with van der Waals surface area (Å²) in [6.45, 7) is 10.7. The van der Waals surface area contributed by atoms with Crippen molar-refractivity contribution in [2.24, 2.45) is 23.2 Å². The number of amides is 2. The summed E-state index contributed by atoms with van der Waals surface area (Å²) in [5.74, 6) is -3.83. The number of benzene rings is 1. The quantitative estimate of drug-likeness (QED) is 0.311. The van der Waals surface area contributed by atoms with E-state index in [-0.39, 0.29) is 41.5 Å². The Hall–Kier alpha value is -2.90. The molecule has 1 fully saturated rings. The van der Waals surface area contributed by atoms with Crippen molar-refractivity contribution in [2.75, 3.05) is 12.3 Å². The summed E-state index contributed by atoms with van der Waals surface area (Å²) >= 11 is 0. The fraction of sp³-hybridized carbons (Fsp3) is 0.565. The standard InChI is InChI=1S/C23H33N3O5/c1-7-31-22(30)18(12(2)3)26-21(29)17-16(20(28)25-13(4)5)23(17,6)19(27)14-10-8-9-11-15(14)24/h8-13,16-18H,7,24H2,1-6H3,(H,25,28)(H,26,29)/t16-,17+,18+,23+/m1/s1. The molecule has 0 saturated heterocycles. The number of hydrogen-bond acceptors (Lipinski definition) is 6. The molecule has 0 heterocycles. The van der Waals surface area contributed by atoms with Gasteiger partial charge in [-0.25, -0.2) is 4.79 Å². The normalized spacial score (nSPS) is 23.2. The molecule has 0 bridgehead atoms. The summed E-state index contributed by atoms with van der Waals surface area (Å²) in [4.78, 5) is 51.7. The van der Waals surface area contributed by atoms with Crippen LogP contribution in [0.4, 0.5) is 5.69 Å². The van der Waals surface area contributed by atoms with Crippen LogP contribution in [-0.4, -0.2) is 42.3 Å². The Balaban J connectivity index is 2.36. The van der Waals surface area contributed by atoms with Crippen LogP contribution >= 0.6 is 0 Å². The molecule has 1 saturated carbocycles. The van der Waals surface area contributed by atoms with Gasteiger partial charge < -0.3 is 21.1 Å². The Morgan fingerprint density at radius 2 is 1.58 bits per heavy atom. The van der Waals surface area contributed by atoms with E-state index in [0.717, 1.165) is 0 Å². The van der Waals surface area contributed by atoms with Gasteiger partial charge >= 0.3 is 5.97 Å². The van der Waals surface area contributed by atoms with Gasteiger partial charge in [-0.1, -0.05) is 32.9 Å². The maximum Gasteiger partial charge on any atom is 0.328 e. The zero-order chi connectivity index (χ0) is 23.5. The molecule has 0 aromatic heterocycles. The molecular formula is C23H33N3O5. The highest BCUT2D eigenvalue weighted by atomic mass is 16.5. The Labute approximate surface area is 183 Å². The van der Waals surface area contributed by atoms with E-state index in [1.165, 1.54) is 0 Å². The first-order valence-corrected chi connectivity index (χ1v) is 10.6. The van der Waals surface area contributed by atoms with Crippen molar-refractivity contribution in [1.82, 2.24) is 10.6 Å². The van der Waals surface area contributed by atoms with E-state index < -0.39 is 35.2 Å². The van der Waals surface area contributed by atoms with E-state index in [1.807, 2.05) is 0 Å². The minimum absolute atomic E-state index is 0.152. The van der Waals surface area contributed by atoms with E-state index in [2.05, 4.69) is 10.6 Å². The van der Waals surface area contributed by atoms with E-state index in [0.29, 0.717) is 0 Å². The minimum atomic E-state index is -1.27. The number of carbonyl (C=O) groups excluding carboxylic acids is 4. The molecule has 0 unspecified atom stereocenters. The molecule has 170 valence electrons. The van der Waals surface area contributed by atoms with Crippen LogP contribution < -0.4 is 16.4 Å². The third-order valence-electron chi connectivity index (χ3n) is 5.71. The van der Waals surface area contributed by atoms with Gasteiger partial charge in [-0.05, 0) is 38.8 Å². The predicted molar refractivity (Wildman–Crippen MR) is 117 cm³/mol. The first-order chi connectivity index (χ1) is 14.5. The van der Waals surface area contributed by atoms with E-state index >= 15 is 0 Å². The predicted octanol–water partition coefficient (Wildman–Crippen LogP) is 1.93. The molecule has 0 aliphatic heterocycles. The maximum atomic E-state index is 13.4. The number of carbonyl (C=O) groups is 4. The van der Waals surface area contributed by atoms with Crippen molar-refractivity contribution < 1.29 is 23.9 Å². The number of nitrogens with two attached hydrogens (primary N) is 1. The lowest BCUT2D eigenvalue weighted by Gasteiger charge is -2.21. The summed E-state index contributed by atoms with van der Waals surface area (Å²) < 4.78 is 5.06. The zero-order valence-electron chi connectivity index (χ0n) is 19.0. The summed E-state index contributed by atoms with van der Waals surface area (Å²) in [6, 6.07) is 5.56. The Kier molecular flexibility index (Phi) is 7.46. The fourth-order valence-electron chi connectivity index (χ4n) is 3.98. The van der Waals surface area contributed by atoms with Gasteiger partial charge in [0.25, 0.3) is 0 Å². The van der Waals surface area contributed by atoms with E-state index in [1.54, 1.807) is 65.8 Å². The Bertz CT molecular complexity index is 867. The molecule has 0 spiro atoms. The van der Waals surface area contributed by atoms with Crippen molar-refractivity contribution in [3.8, 4) is 0 Å². The van der Waals surface area contributed by atoms with Crippen LogP contribution in [0.2, 0.25) is 0 Å². The number of rotatable bonds is 9. The van der Waals surface area contributed by atoms with Crippen LogP contribution in [0.25, 0.3) is 0 Å². The zero-order valence-corrected chi connectivity index (χ0v) is 19.0. The first kappa shape index (κ1) is 24.4. The van der Waals surface area contributed by atoms with Gasteiger partial charge in [0.15, 0.2) is 5.78 Å². The van der Waals surface area contributed by atoms with Gasteiger partial charge in [0.1, 0.15) is 6.04 Å². The van der Waals surface area contributed by atoms with Gasteiger partial charge in [0.2, 0.25) is 11.8 Å². The van der Waals surface area contributed by atoms with Crippen LogP contribution in [0.1, 0.15) is 51.9 Å². The second-order valence-electron chi connectivity index (χ2n) is 8.80. The van der Waals surface area contributed by atoms with Crippen LogP contribution in [-0.2, 0) is 19.1 Å². The number of Topliss-reactive ketones (excluding diaryl/α,β-unsaturated/α-hetero) is 1. The summed E-state index contributed by atoms with van der Waals surface area (Å²) in [6.07, 6.45) is 0. The van der Waals surface area contributed by atoms with Crippen LogP contribution in [0.3, 0.4) is 0 Å². The van der Waals surface area contributed by atoms with Gasteiger partial charge in [0.05, 0.1) is 23.9 Å². The summed E-state index contributed by atoms with van der Waals surface area (Å²) in [5, 5.41) is 5.49. The molecule has 31 heavy (non-hydrogen) atoms. The van der Waals surface area contributed by atoms with Gasteiger partial charge in [-0.15, -0.1) is 0 Å². The molecule has 4 N–H and O–H groups in total. The van der Waals surface area contributed by atoms with Gasteiger partial charge in [-0.2, -0.15) is 0 Å². The molecule has 0 radical (unpaired) electrons. The van der Waals surface area contributed by atoms with Gasteiger partial charge in [0, 0.05) is 17.3 Å². The molecule has 8 heteroatoms. The Morgan fingerprint density at radius 1 is 1.03 bits per heavy atom. The number of anilines is 1. The molecule has 1 aromatic rings. The SMILES string of the molecule is CCOC(=O)[C@@H](NC(=O)[C@@H]1[C@H](C(=O)NC(C)C)[C@]1(C)C(=O)c1ccccc1N)C(C)C. The number of ether oxygens (including phenoxy) is 1. The maximum absolute atomic E-state index is 13.4. The monoisotopic (exact) mass is 431 g/mol. The number of ketones is 1. The topological polar surface area (TPSA) is 128 Å². The second-order valence-corrected chi connectivity index (χ2v) is 8.80. The van der Waals surface area contributed by atoms with Crippen molar-refractivity contribution in [1.29, 1.82) is 0 Å². The van der Waals surface area contributed by atoms with Crippen LogP contribution in [0.15, 0.2) is 24.3 Å². The second kappa shape index (κ2) is 9.49. The van der Waals surface area contributed by atoms with Gasteiger partial charge in [-0.3, -0.25) is 14.4 Å². The number of hydrogen-bond donors (Lipinski definition) is 3. The van der Waals surface area contributed by atoms with Crippen molar-refractivity contribution >= 4 is 29.3 Å². The number of esters is 1. The molecule has 1 aliphatic carbocycles. The Morgan fingerprint density at radius 3 is 2.06 bits per heavy atom. The fourth-order valence-corrected chi connectivity index (χ4v) is 3.98. The number of nitrogens with one attached hydrogen (secondary N) is 2. The van der Waals surface area contributed by atoms with Crippen molar-refractivity contribution in [3.05, 3.63) is 29.8 Å². The molecule has 8 nitrogen and oxygen atoms in total. The smallest absolute Gasteiger partial charge is 0.328 e. The van der Waals surface area contributed by atoms with Crippen LogP contribution in [0, 0.1) is 23.2 Å². The van der Waals surface area contributed by atoms with Crippen molar-refractivity contribution in [3.63, 3.8) is 0 Å². The summed E-state index contributed by atoms with van der Waals surface area (Å²) in [7, 11) is 0. The van der Waals surface area contributed by atoms with E-state index in [9.17, 15) is 19.2 Å². The molecule has 1 aromatic carbocycles. The lowest BCUT2D eigenvalue weighted by Crippen LogP contribution is -2.46. The average molecular weight is 432 g/mol. The average Bonchev–Trinajstić information content (AvgIpc) is 3.32. The largest absolute Gasteiger partial charge is 0.464 e. The number of nitrogen functional groups attached to an aromatic ring is 1. The number of para-hydroxylation sites is 1. The lowest BCUT2D eigenvalue weighted by atomic mass is 9.91. The highest BCUT2D eigenvalue weighted by Gasteiger charge is 2.72.